The van der Waals surface area contributed by atoms with Gasteiger partial charge in [-0.3, -0.25) is 0 Å². The number of thiophene rings is 1. The summed E-state index contributed by atoms with van der Waals surface area (Å²) in [6.07, 6.45) is 0.345. The van der Waals surface area contributed by atoms with E-state index < -0.39 is 11.6 Å². The first-order chi connectivity index (χ1) is 7.92. The monoisotopic (exact) mass is 252 g/mol. The molecular formula is C13H17FN2S. The summed E-state index contributed by atoms with van der Waals surface area (Å²) >= 11 is 1.45. The minimum atomic E-state index is -0.893. The van der Waals surface area contributed by atoms with Crippen LogP contribution in [0.2, 0.25) is 0 Å². The highest BCUT2D eigenvalue weighted by atomic mass is 32.1. The maximum atomic E-state index is 14.3. The molecule has 0 amide bonds. The Morgan fingerprint density at radius 1 is 1.59 bits per heavy atom. The Hall–Kier alpha value is -1.08. The van der Waals surface area contributed by atoms with Crippen LogP contribution in [0.25, 0.3) is 0 Å². The highest BCUT2D eigenvalue weighted by molar-refractivity contribution is 7.16. The van der Waals surface area contributed by atoms with E-state index in [0.29, 0.717) is 23.4 Å². The molecule has 2 nitrogen and oxygen atoms in total. The average Bonchev–Trinajstić information content (AvgIpc) is 2.60. The van der Waals surface area contributed by atoms with Crippen molar-refractivity contribution in [3.63, 3.8) is 0 Å². The van der Waals surface area contributed by atoms with Crippen LogP contribution in [-0.2, 0) is 11.8 Å². The molecule has 0 fully saturated rings. The van der Waals surface area contributed by atoms with Gasteiger partial charge >= 0.3 is 0 Å². The van der Waals surface area contributed by atoms with E-state index in [-0.39, 0.29) is 5.92 Å². The van der Waals surface area contributed by atoms with Gasteiger partial charge in [0.25, 0.3) is 0 Å². The lowest BCUT2D eigenvalue weighted by atomic mass is 9.65. The number of nitriles is 1. The van der Waals surface area contributed by atoms with Crippen molar-refractivity contribution in [3.8, 4) is 6.07 Å². The summed E-state index contributed by atoms with van der Waals surface area (Å²) in [6.45, 7) is 5.95. The topological polar surface area (TPSA) is 49.8 Å². The molecule has 0 spiro atoms. The zero-order valence-corrected chi connectivity index (χ0v) is 11.2. The second-order valence-electron chi connectivity index (χ2n) is 5.19. The van der Waals surface area contributed by atoms with Crippen LogP contribution in [0.1, 0.15) is 43.2 Å². The first-order valence-electron chi connectivity index (χ1n) is 5.88. The molecule has 2 N–H and O–H groups in total. The highest BCUT2D eigenvalue weighted by Crippen LogP contribution is 2.50. The number of aryl methyl sites for hydroxylation is 1. The predicted octanol–water partition coefficient (Wildman–Crippen LogP) is 3.40. The maximum Gasteiger partial charge on any atom is 0.110 e. The third-order valence-electron chi connectivity index (χ3n) is 4.13. The van der Waals surface area contributed by atoms with E-state index in [2.05, 4.69) is 6.07 Å². The fourth-order valence-electron chi connectivity index (χ4n) is 2.72. The van der Waals surface area contributed by atoms with E-state index in [1.165, 1.54) is 11.3 Å². The number of halogens is 1. The number of hydrogen-bond donors (Lipinski definition) is 1. The first kappa shape index (κ1) is 12.4. The van der Waals surface area contributed by atoms with E-state index in [4.69, 9.17) is 5.73 Å². The van der Waals surface area contributed by atoms with Crippen LogP contribution >= 0.6 is 11.3 Å². The van der Waals surface area contributed by atoms with Gasteiger partial charge in [-0.05, 0) is 24.3 Å². The van der Waals surface area contributed by atoms with Crippen molar-refractivity contribution in [1.82, 2.24) is 0 Å². The second-order valence-corrected chi connectivity index (χ2v) is 6.33. The zero-order valence-electron chi connectivity index (χ0n) is 10.4. The molecule has 0 radical (unpaired) electrons. The van der Waals surface area contributed by atoms with Crippen LogP contribution in [0.15, 0.2) is 0 Å². The molecule has 4 heteroatoms. The third-order valence-corrected chi connectivity index (χ3v) is 5.21. The summed E-state index contributed by atoms with van der Waals surface area (Å²) in [5.41, 5.74) is 6.67. The number of nitrogens with two attached hydrogens (primary N) is 1. The fourth-order valence-corrected chi connectivity index (χ4v) is 3.88. The van der Waals surface area contributed by atoms with Crippen LogP contribution in [0, 0.1) is 17.2 Å². The van der Waals surface area contributed by atoms with E-state index in [9.17, 15) is 9.65 Å². The van der Waals surface area contributed by atoms with E-state index >= 15 is 0 Å². The lowest BCUT2D eigenvalue weighted by Gasteiger charge is -2.41. The van der Waals surface area contributed by atoms with Crippen molar-refractivity contribution < 1.29 is 4.39 Å². The van der Waals surface area contributed by atoms with E-state index in [0.717, 1.165) is 10.4 Å². The molecule has 92 valence electrons. The number of anilines is 1. The lowest BCUT2D eigenvalue weighted by Crippen LogP contribution is -2.42. The predicted molar refractivity (Wildman–Crippen MR) is 68.9 cm³/mol. The molecule has 0 aliphatic heterocycles. The minimum absolute atomic E-state index is 0.151. The Bertz CT molecular complexity index is 486. The van der Waals surface area contributed by atoms with Gasteiger partial charge in [-0.15, -0.1) is 11.3 Å². The van der Waals surface area contributed by atoms with Crippen LogP contribution < -0.4 is 5.73 Å². The second kappa shape index (κ2) is 3.99. The molecule has 2 rings (SSSR count). The van der Waals surface area contributed by atoms with Gasteiger partial charge in [0.2, 0.25) is 0 Å². The number of nitrogen functional groups attached to an aromatic ring is 1. The molecular weight excluding hydrogens is 235 g/mol. The van der Waals surface area contributed by atoms with Gasteiger partial charge in [-0.25, -0.2) is 4.39 Å². The standard InChI is InChI=1S/C13H17FN2S/c1-7(2)13(3)10(14)5-4-9-11(13)8(6-15)12(16)17-9/h7,10H,4-5,16H2,1-3H3. The molecule has 0 aromatic carbocycles. The SMILES string of the molecule is CC(C)C1(C)c2c(sc(N)c2C#N)CCC1F. The van der Waals surface area contributed by atoms with Gasteiger partial charge in [0.15, 0.2) is 0 Å². The Morgan fingerprint density at radius 3 is 2.76 bits per heavy atom. The molecule has 0 bridgehead atoms. The molecule has 2 unspecified atom stereocenters. The minimum Gasteiger partial charge on any atom is -0.389 e. The van der Waals surface area contributed by atoms with Crippen molar-refractivity contribution in [1.29, 1.82) is 5.26 Å². The van der Waals surface area contributed by atoms with Gasteiger partial charge in [-0.2, -0.15) is 5.26 Å². The quantitative estimate of drug-likeness (QED) is 0.832. The smallest absolute Gasteiger partial charge is 0.110 e. The van der Waals surface area contributed by atoms with Gasteiger partial charge in [-0.1, -0.05) is 20.8 Å². The van der Waals surface area contributed by atoms with Crippen LogP contribution in [0.5, 0.6) is 0 Å². The molecule has 0 saturated heterocycles. The molecule has 1 heterocycles. The van der Waals surface area contributed by atoms with E-state index in [1.807, 2.05) is 20.8 Å². The molecule has 17 heavy (non-hydrogen) atoms. The molecule has 1 aliphatic carbocycles. The first-order valence-corrected chi connectivity index (χ1v) is 6.70. The van der Waals surface area contributed by atoms with Gasteiger partial charge in [0.1, 0.15) is 17.2 Å². The van der Waals surface area contributed by atoms with Gasteiger partial charge in [0.05, 0.1) is 5.56 Å². The van der Waals surface area contributed by atoms with Gasteiger partial charge < -0.3 is 5.73 Å². The Labute approximate surface area is 105 Å². The summed E-state index contributed by atoms with van der Waals surface area (Å²) in [4.78, 5) is 1.10. The normalized spacial score (nSPS) is 27.9. The maximum absolute atomic E-state index is 14.3. The average molecular weight is 252 g/mol. The summed E-state index contributed by atoms with van der Waals surface area (Å²) in [7, 11) is 0. The molecule has 0 saturated carbocycles. The summed E-state index contributed by atoms with van der Waals surface area (Å²) < 4.78 is 14.3. The van der Waals surface area contributed by atoms with Crippen molar-refractivity contribution in [2.45, 2.75) is 45.2 Å². The number of alkyl halides is 1. The van der Waals surface area contributed by atoms with E-state index in [1.54, 1.807) is 0 Å². The third kappa shape index (κ3) is 1.56. The highest BCUT2D eigenvalue weighted by Gasteiger charge is 2.46. The largest absolute Gasteiger partial charge is 0.389 e. The molecule has 1 aromatic heterocycles. The number of rotatable bonds is 1. The van der Waals surface area contributed by atoms with Crippen molar-refractivity contribution in [2.75, 3.05) is 5.73 Å². The number of fused-ring (bicyclic) bond motifs is 1. The van der Waals surface area contributed by atoms with Crippen LogP contribution in [0.3, 0.4) is 0 Å². The Kier molecular flexibility index (Phi) is 2.90. The number of hydrogen-bond acceptors (Lipinski definition) is 3. The fraction of sp³-hybridized carbons (Fsp3) is 0.615. The Morgan fingerprint density at radius 2 is 2.24 bits per heavy atom. The lowest BCUT2D eigenvalue weighted by molar-refractivity contribution is 0.131. The van der Waals surface area contributed by atoms with Gasteiger partial charge in [0, 0.05) is 10.3 Å². The van der Waals surface area contributed by atoms with Crippen molar-refractivity contribution in [3.05, 3.63) is 16.0 Å². The number of nitrogens with zero attached hydrogens (tertiary/aromatic N) is 1. The Balaban J connectivity index is 2.71. The van der Waals surface area contributed by atoms with Crippen molar-refractivity contribution >= 4 is 16.3 Å². The van der Waals surface area contributed by atoms with Crippen LogP contribution in [0.4, 0.5) is 9.39 Å². The van der Waals surface area contributed by atoms with Crippen LogP contribution in [-0.4, -0.2) is 6.17 Å². The molecule has 1 aliphatic rings. The summed E-state index contributed by atoms with van der Waals surface area (Å²) in [5, 5.41) is 9.76. The zero-order chi connectivity index (χ0) is 12.8. The van der Waals surface area contributed by atoms with Crippen molar-refractivity contribution in [2.24, 2.45) is 5.92 Å². The summed E-state index contributed by atoms with van der Waals surface area (Å²) in [5.74, 6) is 0.151. The summed E-state index contributed by atoms with van der Waals surface area (Å²) in [6, 6.07) is 2.15. The molecule has 2 atom stereocenters. The molecule has 1 aromatic rings.